The SMILES string of the molecule is c1ccc(COC2[C@H]3OCCC[C@@H]3O[C@@H]3CCCO[C@@H]23)cc1. The molecule has 0 bridgehead atoms. The fraction of sp³-hybridized carbons (Fsp3) is 0.667. The molecule has 0 spiro atoms. The van der Waals surface area contributed by atoms with Gasteiger partial charge in [-0.15, -0.1) is 0 Å². The highest BCUT2D eigenvalue weighted by atomic mass is 16.6. The van der Waals surface area contributed by atoms with Gasteiger partial charge in [-0.25, -0.2) is 0 Å². The van der Waals surface area contributed by atoms with Gasteiger partial charge in [0.15, 0.2) is 0 Å². The first-order valence-corrected chi connectivity index (χ1v) is 8.46. The smallest absolute Gasteiger partial charge is 0.115 e. The molecule has 0 saturated carbocycles. The molecule has 1 unspecified atom stereocenters. The Morgan fingerprint density at radius 2 is 1.55 bits per heavy atom. The topological polar surface area (TPSA) is 36.9 Å². The maximum atomic E-state index is 6.28. The molecule has 0 amide bonds. The lowest BCUT2D eigenvalue weighted by Gasteiger charge is -2.49. The van der Waals surface area contributed by atoms with E-state index >= 15 is 0 Å². The number of benzene rings is 1. The third-order valence-corrected chi connectivity index (χ3v) is 4.90. The maximum Gasteiger partial charge on any atom is 0.115 e. The summed E-state index contributed by atoms with van der Waals surface area (Å²) in [5.74, 6) is 0. The van der Waals surface area contributed by atoms with Crippen LogP contribution < -0.4 is 0 Å². The lowest BCUT2D eigenvalue weighted by Crippen LogP contribution is -2.62. The molecule has 3 aliphatic heterocycles. The van der Waals surface area contributed by atoms with Crippen molar-refractivity contribution < 1.29 is 18.9 Å². The third kappa shape index (κ3) is 2.93. The Balaban J connectivity index is 1.50. The summed E-state index contributed by atoms with van der Waals surface area (Å²) in [4.78, 5) is 0. The van der Waals surface area contributed by atoms with Crippen molar-refractivity contribution in [3.05, 3.63) is 35.9 Å². The Labute approximate surface area is 131 Å². The molecule has 3 aliphatic rings. The highest BCUT2D eigenvalue weighted by Crippen LogP contribution is 2.36. The average molecular weight is 304 g/mol. The summed E-state index contributed by atoms with van der Waals surface area (Å²) in [6, 6.07) is 10.3. The summed E-state index contributed by atoms with van der Waals surface area (Å²) in [5, 5.41) is 0. The van der Waals surface area contributed by atoms with Gasteiger partial charge >= 0.3 is 0 Å². The lowest BCUT2D eigenvalue weighted by molar-refractivity contribution is -0.282. The largest absolute Gasteiger partial charge is 0.373 e. The Kier molecular flexibility index (Phi) is 4.44. The van der Waals surface area contributed by atoms with Gasteiger partial charge in [0, 0.05) is 13.2 Å². The van der Waals surface area contributed by atoms with Crippen LogP contribution in [-0.4, -0.2) is 43.7 Å². The third-order valence-electron chi connectivity index (χ3n) is 4.90. The van der Waals surface area contributed by atoms with Crippen molar-refractivity contribution in [1.82, 2.24) is 0 Å². The van der Waals surface area contributed by atoms with Crippen molar-refractivity contribution in [3.8, 4) is 0 Å². The van der Waals surface area contributed by atoms with Gasteiger partial charge in [0.25, 0.3) is 0 Å². The van der Waals surface area contributed by atoms with Crippen LogP contribution in [0.1, 0.15) is 31.2 Å². The van der Waals surface area contributed by atoms with E-state index in [0.717, 1.165) is 38.9 Å². The van der Waals surface area contributed by atoms with Gasteiger partial charge < -0.3 is 18.9 Å². The molecule has 22 heavy (non-hydrogen) atoms. The normalized spacial score (nSPS) is 38.1. The van der Waals surface area contributed by atoms with Crippen LogP contribution in [0.15, 0.2) is 30.3 Å². The van der Waals surface area contributed by atoms with Crippen molar-refractivity contribution in [2.75, 3.05) is 13.2 Å². The molecule has 4 nitrogen and oxygen atoms in total. The van der Waals surface area contributed by atoms with E-state index in [0.29, 0.717) is 6.61 Å². The van der Waals surface area contributed by atoms with Gasteiger partial charge in [0.05, 0.1) is 18.8 Å². The molecule has 4 heteroatoms. The molecule has 4 rings (SSSR count). The number of hydrogen-bond acceptors (Lipinski definition) is 4. The van der Waals surface area contributed by atoms with Gasteiger partial charge in [-0.2, -0.15) is 0 Å². The van der Waals surface area contributed by atoms with Crippen molar-refractivity contribution >= 4 is 0 Å². The highest BCUT2D eigenvalue weighted by Gasteiger charge is 2.49. The summed E-state index contributed by atoms with van der Waals surface area (Å²) >= 11 is 0. The molecule has 0 aromatic heterocycles. The predicted octanol–water partition coefficient (Wildman–Crippen LogP) is 2.70. The Morgan fingerprint density at radius 1 is 0.909 bits per heavy atom. The van der Waals surface area contributed by atoms with Crippen LogP contribution in [0.5, 0.6) is 0 Å². The molecule has 0 radical (unpaired) electrons. The molecule has 1 aromatic carbocycles. The molecule has 0 aliphatic carbocycles. The highest BCUT2D eigenvalue weighted by molar-refractivity contribution is 5.13. The minimum Gasteiger partial charge on any atom is -0.373 e. The van der Waals surface area contributed by atoms with Gasteiger partial charge in [-0.3, -0.25) is 0 Å². The van der Waals surface area contributed by atoms with Crippen molar-refractivity contribution in [2.24, 2.45) is 0 Å². The Bertz CT molecular complexity index is 455. The van der Waals surface area contributed by atoms with Crippen molar-refractivity contribution in [3.63, 3.8) is 0 Å². The van der Waals surface area contributed by atoms with E-state index in [1.807, 2.05) is 18.2 Å². The van der Waals surface area contributed by atoms with Crippen LogP contribution in [0.3, 0.4) is 0 Å². The minimum atomic E-state index is -0.0236. The summed E-state index contributed by atoms with van der Waals surface area (Å²) in [7, 11) is 0. The first-order chi connectivity index (χ1) is 10.9. The lowest BCUT2D eigenvalue weighted by atomic mass is 9.88. The zero-order valence-electron chi connectivity index (χ0n) is 12.9. The van der Waals surface area contributed by atoms with Gasteiger partial charge in [0.1, 0.15) is 18.3 Å². The summed E-state index contributed by atoms with van der Waals surface area (Å²) in [6.45, 7) is 2.20. The zero-order chi connectivity index (χ0) is 14.8. The van der Waals surface area contributed by atoms with Crippen LogP contribution in [0, 0.1) is 0 Å². The second-order valence-corrected chi connectivity index (χ2v) is 6.43. The van der Waals surface area contributed by atoms with Crippen LogP contribution in [0.2, 0.25) is 0 Å². The van der Waals surface area contributed by atoms with Crippen LogP contribution in [0.25, 0.3) is 0 Å². The first-order valence-electron chi connectivity index (χ1n) is 8.46. The number of fused-ring (bicyclic) bond motifs is 2. The van der Waals surface area contributed by atoms with Crippen LogP contribution in [-0.2, 0) is 25.6 Å². The number of hydrogen-bond donors (Lipinski definition) is 0. The average Bonchev–Trinajstić information content (AvgIpc) is 2.59. The van der Waals surface area contributed by atoms with E-state index in [4.69, 9.17) is 18.9 Å². The summed E-state index contributed by atoms with van der Waals surface area (Å²) < 4.78 is 24.5. The Hall–Kier alpha value is -0.940. The second kappa shape index (κ2) is 6.67. The molecular formula is C18H24O4. The predicted molar refractivity (Wildman–Crippen MR) is 81.6 cm³/mol. The molecule has 3 saturated heterocycles. The molecule has 3 heterocycles. The summed E-state index contributed by atoms with van der Waals surface area (Å²) in [5.41, 5.74) is 1.19. The van der Waals surface area contributed by atoms with E-state index in [2.05, 4.69) is 12.1 Å². The maximum absolute atomic E-state index is 6.28. The molecule has 1 aromatic rings. The fourth-order valence-corrected chi connectivity index (χ4v) is 3.82. The van der Waals surface area contributed by atoms with E-state index < -0.39 is 0 Å². The monoisotopic (exact) mass is 304 g/mol. The minimum absolute atomic E-state index is 0.0109. The van der Waals surface area contributed by atoms with Gasteiger partial charge in [-0.05, 0) is 31.2 Å². The number of ether oxygens (including phenoxy) is 4. The molecule has 5 atom stereocenters. The zero-order valence-corrected chi connectivity index (χ0v) is 12.9. The van der Waals surface area contributed by atoms with Crippen LogP contribution >= 0.6 is 0 Å². The van der Waals surface area contributed by atoms with E-state index in [1.54, 1.807) is 0 Å². The van der Waals surface area contributed by atoms with E-state index in [-0.39, 0.29) is 30.5 Å². The van der Waals surface area contributed by atoms with Gasteiger partial charge in [0.2, 0.25) is 0 Å². The first kappa shape index (κ1) is 14.6. The van der Waals surface area contributed by atoms with Crippen molar-refractivity contribution in [2.45, 2.75) is 62.8 Å². The number of rotatable bonds is 3. The molecular weight excluding hydrogens is 280 g/mol. The second-order valence-electron chi connectivity index (χ2n) is 6.43. The summed E-state index contributed by atoms with van der Waals surface area (Å²) in [6.07, 6.45) is 4.61. The van der Waals surface area contributed by atoms with E-state index in [9.17, 15) is 0 Å². The quantitative estimate of drug-likeness (QED) is 0.860. The molecule has 0 N–H and O–H groups in total. The van der Waals surface area contributed by atoms with E-state index in [1.165, 1.54) is 5.56 Å². The Morgan fingerprint density at radius 3 is 2.18 bits per heavy atom. The van der Waals surface area contributed by atoms with Gasteiger partial charge in [-0.1, -0.05) is 30.3 Å². The fourth-order valence-electron chi connectivity index (χ4n) is 3.82. The van der Waals surface area contributed by atoms with Crippen LogP contribution in [0.4, 0.5) is 0 Å². The molecule has 3 fully saturated rings. The standard InChI is InChI=1S/C18H24O4/c1-2-6-13(7-3-1)12-21-18-16-14(8-4-10-19-16)22-15-9-5-11-20-17(15)18/h1-3,6-7,14-18H,4-5,8-12H2/t14-,15+,16-,17+,18?. The van der Waals surface area contributed by atoms with Crippen molar-refractivity contribution in [1.29, 1.82) is 0 Å². The molecule has 120 valence electrons.